The molecular formula is C21H26FN5O2. The number of aromatic nitrogens is 2. The first-order valence-corrected chi connectivity index (χ1v) is 10.1. The number of hydrogen-bond acceptors (Lipinski definition) is 5. The van der Waals surface area contributed by atoms with Crippen LogP contribution in [0, 0.1) is 5.82 Å². The molecular weight excluding hydrogens is 373 g/mol. The number of nitrogens with one attached hydrogen (secondary N) is 3. The number of nitrogens with zero attached hydrogens (tertiary/aromatic N) is 2. The molecule has 1 aromatic heterocycles. The SMILES string of the molecule is CN(C(=O)c1cc(Cc2n[nH]c(=O)c3c2NCCC3)ccc1F)C1CCNCC1. The zero-order valence-corrected chi connectivity index (χ0v) is 16.6. The van der Waals surface area contributed by atoms with E-state index >= 15 is 0 Å². The summed E-state index contributed by atoms with van der Waals surface area (Å²) in [5.41, 5.74) is 2.87. The van der Waals surface area contributed by atoms with Crippen molar-refractivity contribution in [2.45, 2.75) is 38.1 Å². The Kier molecular flexibility index (Phi) is 5.62. The lowest BCUT2D eigenvalue weighted by molar-refractivity contribution is 0.0698. The molecule has 0 aliphatic carbocycles. The monoisotopic (exact) mass is 399 g/mol. The molecule has 2 aliphatic rings. The number of anilines is 1. The number of benzene rings is 1. The lowest BCUT2D eigenvalue weighted by Gasteiger charge is -2.31. The quantitative estimate of drug-likeness (QED) is 0.728. The normalized spacial score (nSPS) is 16.8. The number of carbonyl (C=O) groups excluding carboxylic acids is 1. The third-order valence-electron chi connectivity index (χ3n) is 5.87. The van der Waals surface area contributed by atoms with Gasteiger partial charge in [-0.25, -0.2) is 9.49 Å². The molecule has 0 atom stereocenters. The van der Waals surface area contributed by atoms with E-state index in [1.54, 1.807) is 24.1 Å². The smallest absolute Gasteiger partial charge is 0.269 e. The van der Waals surface area contributed by atoms with Crippen LogP contribution in [0.1, 0.15) is 46.4 Å². The Hall–Kier alpha value is -2.74. The van der Waals surface area contributed by atoms with Gasteiger partial charge < -0.3 is 15.5 Å². The summed E-state index contributed by atoms with van der Waals surface area (Å²) in [6.07, 6.45) is 3.74. The Morgan fingerprint density at radius 3 is 2.86 bits per heavy atom. The summed E-state index contributed by atoms with van der Waals surface area (Å²) in [4.78, 5) is 26.6. The molecule has 0 bridgehead atoms. The number of carbonyl (C=O) groups is 1. The van der Waals surface area contributed by atoms with Crippen molar-refractivity contribution in [2.24, 2.45) is 0 Å². The van der Waals surface area contributed by atoms with Crippen LogP contribution in [0.4, 0.5) is 10.1 Å². The molecule has 0 spiro atoms. The van der Waals surface area contributed by atoms with Gasteiger partial charge in [0, 0.05) is 31.6 Å². The van der Waals surface area contributed by atoms with E-state index < -0.39 is 5.82 Å². The lowest BCUT2D eigenvalue weighted by Crippen LogP contribution is -2.44. The molecule has 3 N–H and O–H groups in total. The number of fused-ring (bicyclic) bond motifs is 1. The molecule has 154 valence electrons. The maximum Gasteiger partial charge on any atom is 0.269 e. The highest BCUT2D eigenvalue weighted by atomic mass is 19.1. The maximum absolute atomic E-state index is 14.5. The molecule has 7 nitrogen and oxygen atoms in total. The summed E-state index contributed by atoms with van der Waals surface area (Å²) < 4.78 is 14.5. The minimum absolute atomic E-state index is 0.0785. The highest BCUT2D eigenvalue weighted by molar-refractivity contribution is 5.94. The molecule has 1 fully saturated rings. The van der Waals surface area contributed by atoms with E-state index in [1.807, 2.05) is 0 Å². The van der Waals surface area contributed by atoms with Crippen LogP contribution in [0.3, 0.4) is 0 Å². The molecule has 2 aliphatic heterocycles. The van der Waals surface area contributed by atoms with Crippen molar-refractivity contribution in [1.29, 1.82) is 0 Å². The van der Waals surface area contributed by atoms with Gasteiger partial charge in [-0.15, -0.1) is 0 Å². The van der Waals surface area contributed by atoms with Gasteiger partial charge in [-0.2, -0.15) is 5.10 Å². The fourth-order valence-corrected chi connectivity index (χ4v) is 4.17. The van der Waals surface area contributed by atoms with Crippen molar-refractivity contribution < 1.29 is 9.18 Å². The number of rotatable bonds is 4. The van der Waals surface area contributed by atoms with Gasteiger partial charge in [0.1, 0.15) is 5.82 Å². The van der Waals surface area contributed by atoms with Crippen LogP contribution in [0.2, 0.25) is 0 Å². The number of H-pyrrole nitrogens is 1. The van der Waals surface area contributed by atoms with E-state index in [1.165, 1.54) is 6.07 Å². The molecule has 29 heavy (non-hydrogen) atoms. The van der Waals surface area contributed by atoms with Crippen LogP contribution in [0.25, 0.3) is 0 Å². The summed E-state index contributed by atoms with van der Waals surface area (Å²) in [6, 6.07) is 4.73. The minimum atomic E-state index is -0.519. The third kappa shape index (κ3) is 4.03. The van der Waals surface area contributed by atoms with Gasteiger partial charge in [-0.05, 0) is 56.5 Å². The van der Waals surface area contributed by atoms with Crippen molar-refractivity contribution in [3.05, 3.63) is 56.8 Å². The van der Waals surface area contributed by atoms with Crippen molar-refractivity contribution >= 4 is 11.6 Å². The van der Waals surface area contributed by atoms with Crippen LogP contribution < -0.4 is 16.2 Å². The number of hydrogen-bond donors (Lipinski definition) is 3. The first kappa shape index (κ1) is 19.6. The largest absolute Gasteiger partial charge is 0.383 e. The Labute approximate surface area is 168 Å². The molecule has 0 saturated carbocycles. The summed E-state index contributed by atoms with van der Waals surface area (Å²) in [6.45, 7) is 2.51. The second kappa shape index (κ2) is 8.32. The average molecular weight is 399 g/mol. The van der Waals surface area contributed by atoms with Crippen molar-refractivity contribution in [2.75, 3.05) is 32.0 Å². The molecule has 8 heteroatoms. The standard InChI is InChI=1S/C21H26FN5O2/c1-27(14-6-9-23-10-7-14)21(29)16-11-13(4-5-17(16)22)12-18-19-15(3-2-8-24-19)20(28)26-25-18/h4-5,11,14,23-24H,2-3,6-10,12H2,1H3,(H,26,28). The molecule has 0 radical (unpaired) electrons. The zero-order valence-electron chi connectivity index (χ0n) is 16.6. The number of amides is 1. The van der Waals surface area contributed by atoms with Gasteiger partial charge in [-0.3, -0.25) is 9.59 Å². The molecule has 0 unspecified atom stereocenters. The lowest BCUT2D eigenvalue weighted by atomic mass is 9.99. The third-order valence-corrected chi connectivity index (χ3v) is 5.87. The minimum Gasteiger partial charge on any atom is -0.383 e. The number of aromatic amines is 1. The van der Waals surface area contributed by atoms with E-state index in [4.69, 9.17) is 0 Å². The fraction of sp³-hybridized carbons (Fsp3) is 0.476. The van der Waals surface area contributed by atoms with Crippen molar-refractivity contribution in [1.82, 2.24) is 20.4 Å². The summed E-state index contributed by atoms with van der Waals surface area (Å²) in [5, 5.41) is 13.3. The molecule has 2 aromatic rings. The Morgan fingerprint density at radius 1 is 1.28 bits per heavy atom. The van der Waals surface area contributed by atoms with E-state index in [0.29, 0.717) is 24.1 Å². The van der Waals surface area contributed by atoms with Gasteiger partial charge in [0.25, 0.3) is 11.5 Å². The van der Waals surface area contributed by atoms with Crippen LogP contribution in [-0.2, 0) is 12.8 Å². The molecule has 1 aromatic carbocycles. The Bertz CT molecular complexity index is 968. The zero-order chi connectivity index (χ0) is 20.4. The first-order valence-electron chi connectivity index (χ1n) is 10.1. The molecule has 1 amide bonds. The summed E-state index contributed by atoms with van der Waals surface area (Å²) in [5.74, 6) is -0.819. The van der Waals surface area contributed by atoms with Gasteiger partial charge in [0.15, 0.2) is 0 Å². The van der Waals surface area contributed by atoms with E-state index in [2.05, 4.69) is 20.8 Å². The molecule has 1 saturated heterocycles. The Morgan fingerprint density at radius 2 is 2.07 bits per heavy atom. The molecule has 3 heterocycles. The van der Waals surface area contributed by atoms with Crippen LogP contribution >= 0.6 is 0 Å². The van der Waals surface area contributed by atoms with E-state index in [9.17, 15) is 14.0 Å². The summed E-state index contributed by atoms with van der Waals surface area (Å²) >= 11 is 0. The van der Waals surface area contributed by atoms with Crippen LogP contribution in [-0.4, -0.2) is 53.7 Å². The highest BCUT2D eigenvalue weighted by Crippen LogP contribution is 2.24. The number of piperidine rings is 1. The average Bonchev–Trinajstić information content (AvgIpc) is 2.77. The van der Waals surface area contributed by atoms with Crippen LogP contribution in [0.5, 0.6) is 0 Å². The van der Waals surface area contributed by atoms with Gasteiger partial charge in [0.2, 0.25) is 0 Å². The topological polar surface area (TPSA) is 90.1 Å². The number of halogens is 1. The van der Waals surface area contributed by atoms with Gasteiger partial charge in [0.05, 0.1) is 16.9 Å². The van der Waals surface area contributed by atoms with E-state index in [-0.39, 0.29) is 23.1 Å². The van der Waals surface area contributed by atoms with Gasteiger partial charge in [-0.1, -0.05) is 6.07 Å². The Balaban J connectivity index is 1.59. The van der Waals surface area contributed by atoms with Crippen LogP contribution in [0.15, 0.2) is 23.0 Å². The second-order valence-electron chi connectivity index (χ2n) is 7.77. The summed E-state index contributed by atoms with van der Waals surface area (Å²) in [7, 11) is 1.74. The first-order chi connectivity index (χ1) is 14.0. The predicted octanol–water partition coefficient (Wildman–Crippen LogP) is 1.68. The predicted molar refractivity (Wildman–Crippen MR) is 109 cm³/mol. The van der Waals surface area contributed by atoms with Crippen molar-refractivity contribution in [3.63, 3.8) is 0 Å². The second-order valence-corrected chi connectivity index (χ2v) is 7.77. The van der Waals surface area contributed by atoms with E-state index in [0.717, 1.165) is 50.1 Å². The molecule has 4 rings (SSSR count). The highest BCUT2D eigenvalue weighted by Gasteiger charge is 2.25. The van der Waals surface area contributed by atoms with Gasteiger partial charge >= 0.3 is 0 Å². The fourth-order valence-electron chi connectivity index (χ4n) is 4.17. The van der Waals surface area contributed by atoms with Crippen molar-refractivity contribution in [3.8, 4) is 0 Å². The maximum atomic E-state index is 14.5.